The van der Waals surface area contributed by atoms with Crippen LogP contribution in [0.5, 0.6) is 0 Å². The lowest BCUT2D eigenvalue weighted by molar-refractivity contribution is 0.319. The molecule has 0 aliphatic carbocycles. The first kappa shape index (κ1) is 15.1. The fourth-order valence-corrected chi connectivity index (χ4v) is 3.20. The normalized spacial score (nSPS) is 17.7. The van der Waals surface area contributed by atoms with Gasteiger partial charge in [-0.2, -0.15) is 4.98 Å². The molecule has 6 nitrogen and oxygen atoms in total. The van der Waals surface area contributed by atoms with Crippen molar-refractivity contribution >= 4 is 0 Å². The Kier molecular flexibility index (Phi) is 3.48. The Bertz CT molecular complexity index is 844. The molecule has 24 heavy (non-hydrogen) atoms. The molecule has 124 valence electrons. The molecule has 6 heteroatoms. The second-order valence-corrected chi connectivity index (χ2v) is 7.35. The summed E-state index contributed by atoms with van der Waals surface area (Å²) in [5.74, 6) is 3.61. The third kappa shape index (κ3) is 2.62. The minimum Gasteiger partial charge on any atom is -0.339 e. The maximum absolute atomic E-state index is 5.53. The number of benzene rings is 1. The van der Waals surface area contributed by atoms with Crippen LogP contribution in [0.2, 0.25) is 0 Å². The van der Waals surface area contributed by atoms with Crippen LogP contribution in [0, 0.1) is 0 Å². The van der Waals surface area contributed by atoms with Gasteiger partial charge in [0.05, 0.1) is 0 Å². The van der Waals surface area contributed by atoms with Gasteiger partial charge in [0.1, 0.15) is 11.6 Å². The Labute approximate surface area is 140 Å². The van der Waals surface area contributed by atoms with Gasteiger partial charge in [0.15, 0.2) is 0 Å². The van der Waals surface area contributed by atoms with E-state index in [2.05, 4.69) is 45.7 Å². The van der Waals surface area contributed by atoms with Crippen molar-refractivity contribution in [1.82, 2.24) is 24.9 Å². The topological polar surface area (TPSA) is 69.6 Å². The zero-order valence-electron chi connectivity index (χ0n) is 14.2. The number of aromatic nitrogens is 5. The summed E-state index contributed by atoms with van der Waals surface area (Å²) in [5, 5.41) is 12.9. The van der Waals surface area contributed by atoms with Gasteiger partial charge in [0.25, 0.3) is 0 Å². The van der Waals surface area contributed by atoms with Crippen molar-refractivity contribution in [2.24, 2.45) is 0 Å². The van der Waals surface area contributed by atoms with Gasteiger partial charge in [-0.3, -0.25) is 0 Å². The monoisotopic (exact) mass is 323 g/mol. The minimum atomic E-state index is 0.00303. The number of nitrogens with zero attached hydrogens (tertiary/aromatic N) is 5. The summed E-state index contributed by atoms with van der Waals surface area (Å²) < 4.78 is 7.77. The van der Waals surface area contributed by atoms with Crippen molar-refractivity contribution in [3.05, 3.63) is 47.9 Å². The first-order valence-corrected chi connectivity index (χ1v) is 8.34. The lowest BCUT2D eigenvalue weighted by atomic mass is 9.93. The van der Waals surface area contributed by atoms with Gasteiger partial charge in [-0.25, -0.2) is 0 Å². The van der Waals surface area contributed by atoms with E-state index in [1.165, 1.54) is 0 Å². The molecule has 0 saturated heterocycles. The van der Waals surface area contributed by atoms with E-state index in [9.17, 15) is 0 Å². The number of hydrogen-bond acceptors (Lipinski definition) is 5. The molecule has 3 aromatic rings. The smallest absolute Gasteiger partial charge is 0.230 e. The first-order chi connectivity index (χ1) is 11.5. The summed E-state index contributed by atoms with van der Waals surface area (Å²) in [7, 11) is 0. The van der Waals surface area contributed by atoms with Crippen LogP contribution in [-0.4, -0.2) is 24.9 Å². The maximum Gasteiger partial charge on any atom is 0.230 e. The highest BCUT2D eigenvalue weighted by atomic mass is 16.5. The highest BCUT2D eigenvalue weighted by molar-refractivity contribution is 5.53. The van der Waals surface area contributed by atoms with Gasteiger partial charge >= 0.3 is 0 Å². The van der Waals surface area contributed by atoms with Crippen LogP contribution >= 0.6 is 0 Å². The predicted molar refractivity (Wildman–Crippen MR) is 89.5 cm³/mol. The van der Waals surface area contributed by atoms with Crippen LogP contribution < -0.4 is 0 Å². The molecular weight excluding hydrogens is 302 g/mol. The van der Waals surface area contributed by atoms with E-state index in [0.29, 0.717) is 11.7 Å². The Hall–Kier alpha value is -2.50. The van der Waals surface area contributed by atoms with E-state index < -0.39 is 0 Å². The standard InChI is InChI=1S/C18H21N5O/c1-18(2,3)17-21-20-14-11-13(9-10-23(14)17)16-19-15(22-24-16)12-7-5-4-6-8-12/h4-8,13H,9-11H2,1-3H3. The molecule has 0 bridgehead atoms. The molecule has 0 amide bonds. The quantitative estimate of drug-likeness (QED) is 0.723. The summed E-state index contributed by atoms with van der Waals surface area (Å²) in [4.78, 5) is 4.60. The molecule has 1 atom stereocenters. The highest BCUT2D eigenvalue weighted by Crippen LogP contribution is 2.32. The lowest BCUT2D eigenvalue weighted by Crippen LogP contribution is -2.25. The van der Waals surface area contributed by atoms with Gasteiger partial charge in [-0.15, -0.1) is 10.2 Å². The van der Waals surface area contributed by atoms with Crippen LogP contribution in [0.25, 0.3) is 11.4 Å². The Balaban J connectivity index is 1.58. The Morgan fingerprint density at radius 3 is 2.67 bits per heavy atom. The molecule has 0 spiro atoms. The molecule has 0 radical (unpaired) electrons. The van der Waals surface area contributed by atoms with Crippen molar-refractivity contribution in [2.45, 2.75) is 51.5 Å². The molecule has 3 heterocycles. The van der Waals surface area contributed by atoms with Crippen molar-refractivity contribution in [3.8, 4) is 11.4 Å². The molecule has 1 unspecified atom stereocenters. The zero-order valence-corrected chi connectivity index (χ0v) is 14.2. The second-order valence-electron chi connectivity index (χ2n) is 7.35. The average molecular weight is 323 g/mol. The summed E-state index contributed by atoms with van der Waals surface area (Å²) in [6, 6.07) is 9.90. The van der Waals surface area contributed by atoms with Crippen LogP contribution in [0.4, 0.5) is 0 Å². The van der Waals surface area contributed by atoms with Crippen molar-refractivity contribution in [1.29, 1.82) is 0 Å². The van der Waals surface area contributed by atoms with E-state index in [1.54, 1.807) is 0 Å². The van der Waals surface area contributed by atoms with Crippen molar-refractivity contribution in [3.63, 3.8) is 0 Å². The van der Waals surface area contributed by atoms with Gasteiger partial charge in [-0.05, 0) is 6.42 Å². The highest BCUT2D eigenvalue weighted by Gasteiger charge is 2.31. The van der Waals surface area contributed by atoms with E-state index in [4.69, 9.17) is 4.52 Å². The van der Waals surface area contributed by atoms with E-state index >= 15 is 0 Å². The zero-order chi connectivity index (χ0) is 16.7. The van der Waals surface area contributed by atoms with Gasteiger partial charge in [-0.1, -0.05) is 56.3 Å². The molecule has 0 saturated carbocycles. The van der Waals surface area contributed by atoms with E-state index in [-0.39, 0.29) is 11.3 Å². The number of fused-ring (bicyclic) bond motifs is 1. The molecule has 1 aliphatic heterocycles. The first-order valence-electron chi connectivity index (χ1n) is 8.34. The molecule has 0 fully saturated rings. The van der Waals surface area contributed by atoms with Crippen molar-refractivity contribution < 1.29 is 4.52 Å². The summed E-state index contributed by atoms with van der Waals surface area (Å²) in [6.45, 7) is 7.39. The van der Waals surface area contributed by atoms with Crippen LogP contribution in [0.3, 0.4) is 0 Å². The SMILES string of the molecule is CC(C)(C)c1nnc2n1CCC(c1nc(-c3ccccc3)no1)C2. The summed E-state index contributed by atoms with van der Waals surface area (Å²) in [6.07, 6.45) is 1.75. The molecule has 0 N–H and O–H groups in total. The second kappa shape index (κ2) is 5.54. The third-order valence-corrected chi connectivity index (χ3v) is 4.45. The fourth-order valence-electron chi connectivity index (χ4n) is 3.20. The minimum absolute atomic E-state index is 0.00303. The van der Waals surface area contributed by atoms with Gasteiger partial charge < -0.3 is 9.09 Å². The lowest BCUT2D eigenvalue weighted by Gasteiger charge is -2.24. The molecule has 2 aromatic heterocycles. The van der Waals surface area contributed by atoms with Gasteiger partial charge in [0, 0.05) is 29.9 Å². The van der Waals surface area contributed by atoms with Gasteiger partial charge in [0.2, 0.25) is 11.7 Å². The number of rotatable bonds is 2. The molecular formula is C18H21N5O. The van der Waals surface area contributed by atoms with Crippen LogP contribution in [0.15, 0.2) is 34.9 Å². The van der Waals surface area contributed by atoms with Crippen molar-refractivity contribution in [2.75, 3.05) is 0 Å². The molecule has 1 aliphatic rings. The average Bonchev–Trinajstić information content (AvgIpc) is 3.21. The third-order valence-electron chi connectivity index (χ3n) is 4.45. The van der Waals surface area contributed by atoms with E-state index in [0.717, 1.165) is 36.6 Å². The number of hydrogen-bond donors (Lipinski definition) is 0. The maximum atomic E-state index is 5.53. The summed E-state index contributed by atoms with van der Waals surface area (Å²) >= 11 is 0. The Morgan fingerprint density at radius 2 is 1.92 bits per heavy atom. The molecule has 4 rings (SSSR count). The van der Waals surface area contributed by atoms with E-state index in [1.807, 2.05) is 30.3 Å². The largest absolute Gasteiger partial charge is 0.339 e. The summed E-state index contributed by atoms with van der Waals surface area (Å²) in [5.41, 5.74) is 0.977. The van der Waals surface area contributed by atoms with Crippen LogP contribution in [0.1, 0.15) is 50.6 Å². The van der Waals surface area contributed by atoms with Crippen LogP contribution in [-0.2, 0) is 18.4 Å². The predicted octanol–water partition coefficient (Wildman–Crippen LogP) is 3.36. The fraction of sp³-hybridized carbons (Fsp3) is 0.444. The molecule has 1 aromatic carbocycles. The Morgan fingerprint density at radius 1 is 1.12 bits per heavy atom.